The molecular formula is C27H33N5O3. The summed E-state index contributed by atoms with van der Waals surface area (Å²) in [7, 11) is 4.22. The summed E-state index contributed by atoms with van der Waals surface area (Å²) >= 11 is 0. The van der Waals surface area contributed by atoms with E-state index < -0.39 is 0 Å². The van der Waals surface area contributed by atoms with Gasteiger partial charge in [-0.15, -0.1) is 0 Å². The third-order valence-corrected chi connectivity index (χ3v) is 6.59. The second-order valence-corrected chi connectivity index (χ2v) is 9.09. The van der Waals surface area contributed by atoms with Gasteiger partial charge in [0.15, 0.2) is 5.58 Å². The molecule has 1 saturated heterocycles. The predicted octanol–water partition coefficient (Wildman–Crippen LogP) is 4.57. The second kappa shape index (κ2) is 10.8. The van der Waals surface area contributed by atoms with E-state index in [0.717, 1.165) is 41.9 Å². The number of carbonyl (C=O) groups excluding carboxylic acids is 1. The minimum absolute atomic E-state index is 0.214. The molecule has 35 heavy (non-hydrogen) atoms. The van der Waals surface area contributed by atoms with E-state index in [-0.39, 0.29) is 5.97 Å². The third kappa shape index (κ3) is 5.10. The van der Waals surface area contributed by atoms with Gasteiger partial charge in [0.1, 0.15) is 11.6 Å². The molecule has 2 heterocycles. The highest BCUT2D eigenvalue weighted by Gasteiger charge is 2.31. The van der Waals surface area contributed by atoms with Crippen molar-refractivity contribution in [2.24, 2.45) is 0 Å². The molecule has 0 radical (unpaired) electrons. The molecule has 0 amide bonds. The first-order valence-corrected chi connectivity index (χ1v) is 12.2. The Kier molecular flexibility index (Phi) is 7.57. The molecule has 1 aromatic heterocycles. The Labute approximate surface area is 206 Å². The van der Waals surface area contributed by atoms with Crippen LogP contribution in [-0.4, -0.2) is 62.2 Å². The summed E-state index contributed by atoms with van der Waals surface area (Å²) in [6.45, 7) is 6.45. The van der Waals surface area contributed by atoms with Gasteiger partial charge in [0, 0.05) is 37.7 Å². The lowest BCUT2D eigenvalue weighted by atomic mass is 9.93. The number of nitrogens with zero attached hydrogens (tertiary/aromatic N) is 4. The highest BCUT2D eigenvalue weighted by molar-refractivity contribution is 6.02. The first-order valence-electron chi connectivity index (χ1n) is 12.2. The summed E-state index contributed by atoms with van der Waals surface area (Å²) in [6.07, 6.45) is 1.97. The zero-order valence-electron chi connectivity index (χ0n) is 20.9. The van der Waals surface area contributed by atoms with Crippen LogP contribution in [0.5, 0.6) is 0 Å². The van der Waals surface area contributed by atoms with Crippen LogP contribution < -0.4 is 10.2 Å². The van der Waals surface area contributed by atoms with Crippen LogP contribution in [-0.2, 0) is 9.53 Å². The van der Waals surface area contributed by atoms with Crippen LogP contribution in [0.2, 0.25) is 0 Å². The molecule has 8 nitrogen and oxygen atoms in total. The maximum absolute atomic E-state index is 11.6. The number of carbonyl (C=O) groups is 1. The van der Waals surface area contributed by atoms with Crippen molar-refractivity contribution in [3.05, 3.63) is 41.5 Å². The predicted molar refractivity (Wildman–Crippen MR) is 138 cm³/mol. The van der Waals surface area contributed by atoms with Crippen molar-refractivity contribution in [3.8, 4) is 17.2 Å². The zero-order chi connectivity index (χ0) is 24.9. The second-order valence-electron chi connectivity index (χ2n) is 9.09. The van der Waals surface area contributed by atoms with Gasteiger partial charge in [-0.05, 0) is 51.9 Å². The SMILES string of the molecule is CCOC(=O)CCCNc1nc2c(C#N)c(C)c(-c3ccccc3)c(N3CCC(N(C)C)C3)c2o1. The van der Waals surface area contributed by atoms with Gasteiger partial charge in [-0.1, -0.05) is 30.3 Å². The molecule has 1 N–H and O–H groups in total. The average Bonchev–Trinajstić information content (AvgIpc) is 3.50. The van der Waals surface area contributed by atoms with Gasteiger partial charge in [-0.3, -0.25) is 4.79 Å². The van der Waals surface area contributed by atoms with Crippen LogP contribution in [0.25, 0.3) is 22.2 Å². The van der Waals surface area contributed by atoms with E-state index in [4.69, 9.17) is 9.15 Å². The standard InChI is InChI=1S/C27H33N5O3/c1-5-34-22(33)12-9-14-29-27-30-24-21(16-28)18(2)23(19-10-7-6-8-11-19)25(26(24)35-27)32-15-13-20(17-32)31(3)4/h6-8,10-11,20H,5,9,12-15,17H2,1-4H3,(H,29,30). The minimum Gasteiger partial charge on any atom is -0.466 e. The van der Waals surface area contributed by atoms with Crippen molar-refractivity contribution in [1.29, 1.82) is 5.26 Å². The van der Waals surface area contributed by atoms with Crippen LogP contribution in [0.15, 0.2) is 34.7 Å². The molecule has 184 valence electrons. The number of nitrogens with one attached hydrogen (secondary N) is 1. The Bertz CT molecular complexity index is 1230. The number of nitriles is 1. The monoisotopic (exact) mass is 475 g/mol. The Balaban J connectivity index is 1.76. The Morgan fingerprint density at radius 2 is 2.11 bits per heavy atom. The van der Waals surface area contributed by atoms with Gasteiger partial charge >= 0.3 is 5.97 Å². The van der Waals surface area contributed by atoms with Crippen LogP contribution in [0.4, 0.5) is 11.7 Å². The molecule has 3 aromatic rings. The van der Waals surface area contributed by atoms with Crippen LogP contribution >= 0.6 is 0 Å². The number of fused-ring (bicyclic) bond motifs is 1. The van der Waals surface area contributed by atoms with Gasteiger partial charge in [-0.25, -0.2) is 0 Å². The number of hydrogen-bond acceptors (Lipinski definition) is 8. The number of hydrogen-bond donors (Lipinski definition) is 1. The summed E-state index contributed by atoms with van der Waals surface area (Å²) in [5.41, 5.74) is 5.66. The molecule has 1 atom stereocenters. The van der Waals surface area contributed by atoms with Gasteiger partial charge in [0.05, 0.1) is 17.9 Å². The molecule has 0 saturated carbocycles. The molecule has 1 aliphatic heterocycles. The number of ether oxygens (including phenoxy) is 1. The number of aromatic nitrogens is 1. The molecule has 1 unspecified atom stereocenters. The first-order chi connectivity index (χ1) is 16.9. The van der Waals surface area contributed by atoms with Crippen molar-refractivity contribution < 1.29 is 13.9 Å². The van der Waals surface area contributed by atoms with E-state index in [1.165, 1.54) is 0 Å². The lowest BCUT2D eigenvalue weighted by Gasteiger charge is -2.25. The molecular weight excluding hydrogens is 442 g/mol. The maximum Gasteiger partial charge on any atom is 0.305 e. The van der Waals surface area contributed by atoms with Gasteiger partial charge in [0.25, 0.3) is 6.01 Å². The molecule has 0 spiro atoms. The summed E-state index contributed by atoms with van der Waals surface area (Å²) in [5.74, 6) is -0.214. The Hall–Kier alpha value is -3.57. The molecule has 1 fully saturated rings. The highest BCUT2D eigenvalue weighted by Crippen LogP contribution is 2.44. The van der Waals surface area contributed by atoms with Crippen LogP contribution in [0.1, 0.15) is 37.3 Å². The van der Waals surface area contributed by atoms with Crippen molar-refractivity contribution in [3.63, 3.8) is 0 Å². The summed E-state index contributed by atoms with van der Waals surface area (Å²) in [5, 5.41) is 13.3. The Morgan fingerprint density at radius 3 is 2.77 bits per heavy atom. The summed E-state index contributed by atoms with van der Waals surface area (Å²) in [6, 6.07) is 13.3. The lowest BCUT2D eigenvalue weighted by Crippen LogP contribution is -2.31. The topological polar surface area (TPSA) is 94.6 Å². The van der Waals surface area contributed by atoms with E-state index >= 15 is 0 Å². The molecule has 2 aromatic carbocycles. The maximum atomic E-state index is 11.6. The number of oxazole rings is 1. The zero-order valence-corrected chi connectivity index (χ0v) is 20.9. The van der Waals surface area contributed by atoms with Gasteiger partial charge < -0.3 is 24.3 Å². The lowest BCUT2D eigenvalue weighted by molar-refractivity contribution is -0.143. The molecule has 0 aliphatic carbocycles. The first kappa shape index (κ1) is 24.6. The largest absolute Gasteiger partial charge is 0.466 e. The van der Waals surface area contributed by atoms with E-state index in [2.05, 4.69) is 52.4 Å². The number of likely N-dealkylation sites (N-methyl/N-ethyl adjacent to an activating group) is 1. The quantitative estimate of drug-likeness (QED) is 0.355. The number of rotatable bonds is 9. The van der Waals surface area contributed by atoms with E-state index in [9.17, 15) is 10.1 Å². The molecule has 0 bridgehead atoms. The fourth-order valence-corrected chi connectivity index (χ4v) is 4.74. The van der Waals surface area contributed by atoms with Crippen molar-refractivity contribution in [2.75, 3.05) is 50.6 Å². The van der Waals surface area contributed by atoms with Crippen LogP contribution in [0.3, 0.4) is 0 Å². The smallest absolute Gasteiger partial charge is 0.305 e. The average molecular weight is 476 g/mol. The fraction of sp³-hybridized carbons (Fsp3) is 0.444. The summed E-state index contributed by atoms with van der Waals surface area (Å²) in [4.78, 5) is 20.9. The van der Waals surface area contributed by atoms with Crippen molar-refractivity contribution >= 4 is 28.8 Å². The number of esters is 1. The van der Waals surface area contributed by atoms with E-state index in [0.29, 0.717) is 54.7 Å². The fourth-order valence-electron chi connectivity index (χ4n) is 4.74. The highest BCUT2D eigenvalue weighted by atomic mass is 16.5. The molecule has 8 heteroatoms. The van der Waals surface area contributed by atoms with E-state index in [1.54, 1.807) is 6.92 Å². The number of anilines is 2. The van der Waals surface area contributed by atoms with Crippen molar-refractivity contribution in [2.45, 2.75) is 39.2 Å². The molecule has 4 rings (SSSR count). The summed E-state index contributed by atoms with van der Waals surface area (Å²) < 4.78 is 11.3. The van der Waals surface area contributed by atoms with Gasteiger partial charge in [0.2, 0.25) is 0 Å². The molecule has 1 aliphatic rings. The normalized spacial score (nSPS) is 15.5. The number of benzene rings is 2. The van der Waals surface area contributed by atoms with Gasteiger partial charge in [-0.2, -0.15) is 10.2 Å². The minimum atomic E-state index is -0.214. The third-order valence-electron chi connectivity index (χ3n) is 6.59. The Morgan fingerprint density at radius 1 is 1.34 bits per heavy atom. The van der Waals surface area contributed by atoms with E-state index in [1.807, 2.05) is 25.1 Å². The van der Waals surface area contributed by atoms with Crippen LogP contribution in [0, 0.1) is 18.3 Å². The van der Waals surface area contributed by atoms with Crippen molar-refractivity contribution in [1.82, 2.24) is 9.88 Å².